The van der Waals surface area contributed by atoms with Crippen LogP contribution in [0.4, 0.5) is 0 Å². The molecule has 1 unspecified atom stereocenters. The summed E-state index contributed by atoms with van der Waals surface area (Å²) in [6, 6.07) is 2.55. The molecule has 1 aromatic rings. The Morgan fingerprint density at radius 1 is 1.44 bits per heavy atom. The van der Waals surface area contributed by atoms with Crippen LogP contribution in [0, 0.1) is 13.8 Å². The first kappa shape index (κ1) is 13.6. The highest BCUT2D eigenvalue weighted by Crippen LogP contribution is 2.32. The molecule has 2 nitrogen and oxygen atoms in total. The van der Waals surface area contributed by atoms with Crippen molar-refractivity contribution in [1.82, 2.24) is 5.32 Å². The highest BCUT2D eigenvalue weighted by Gasteiger charge is 2.21. The number of thiophene rings is 1. The highest BCUT2D eigenvalue weighted by molar-refractivity contribution is 7.12. The van der Waals surface area contributed by atoms with Crippen molar-refractivity contribution >= 4 is 11.3 Å². The lowest BCUT2D eigenvalue weighted by Gasteiger charge is -2.24. The van der Waals surface area contributed by atoms with Gasteiger partial charge in [-0.2, -0.15) is 0 Å². The van der Waals surface area contributed by atoms with Crippen LogP contribution in [-0.4, -0.2) is 13.2 Å². The molecule has 0 radical (unpaired) electrons. The summed E-state index contributed by atoms with van der Waals surface area (Å²) in [4.78, 5) is 2.79. The largest absolute Gasteiger partial charge is 0.496 e. The summed E-state index contributed by atoms with van der Waals surface area (Å²) in [7, 11) is 0. The Kier molecular flexibility index (Phi) is 4.84. The van der Waals surface area contributed by atoms with Gasteiger partial charge in [0.05, 0.1) is 12.6 Å². The van der Waals surface area contributed by atoms with Gasteiger partial charge in [0.25, 0.3) is 0 Å². The molecular formula is C15H23NOS. The summed E-state index contributed by atoms with van der Waals surface area (Å²) in [5, 5.41) is 3.61. The fourth-order valence-electron chi connectivity index (χ4n) is 2.15. The summed E-state index contributed by atoms with van der Waals surface area (Å²) >= 11 is 1.88. The van der Waals surface area contributed by atoms with Gasteiger partial charge in [-0.3, -0.25) is 0 Å². The first-order valence-corrected chi connectivity index (χ1v) is 7.67. The van der Waals surface area contributed by atoms with Crippen LogP contribution in [0.15, 0.2) is 17.9 Å². The molecule has 1 aliphatic rings. The molecule has 3 heteroatoms. The molecule has 0 fully saturated rings. The number of ether oxygens (including phenoxy) is 1. The highest BCUT2D eigenvalue weighted by atomic mass is 32.1. The Morgan fingerprint density at radius 3 is 2.83 bits per heavy atom. The first-order valence-electron chi connectivity index (χ1n) is 6.85. The standard InChI is InChI=1S/C15H23NOS/c1-4-8-16-15(13-7-5-6-9-17-13)14-10-11(2)12(3)18-14/h7,10,15-16H,4-6,8-9H2,1-3H3. The van der Waals surface area contributed by atoms with Crippen molar-refractivity contribution in [1.29, 1.82) is 0 Å². The van der Waals surface area contributed by atoms with E-state index in [1.54, 1.807) is 0 Å². The van der Waals surface area contributed by atoms with Crippen molar-refractivity contribution in [2.75, 3.05) is 13.2 Å². The Morgan fingerprint density at radius 2 is 2.28 bits per heavy atom. The molecule has 1 atom stereocenters. The molecule has 2 heterocycles. The molecule has 0 saturated carbocycles. The van der Waals surface area contributed by atoms with Gasteiger partial charge in [-0.05, 0) is 57.4 Å². The minimum absolute atomic E-state index is 0.252. The zero-order valence-corrected chi connectivity index (χ0v) is 12.4. The summed E-state index contributed by atoms with van der Waals surface area (Å²) in [6.07, 6.45) is 5.68. The molecular weight excluding hydrogens is 242 g/mol. The summed E-state index contributed by atoms with van der Waals surface area (Å²) in [6.45, 7) is 8.46. The zero-order chi connectivity index (χ0) is 13.0. The van der Waals surface area contributed by atoms with Crippen LogP contribution in [-0.2, 0) is 4.74 Å². The number of allylic oxidation sites excluding steroid dienone is 1. The van der Waals surface area contributed by atoms with Crippen LogP contribution in [0.5, 0.6) is 0 Å². The number of hydrogen-bond acceptors (Lipinski definition) is 3. The average molecular weight is 265 g/mol. The van der Waals surface area contributed by atoms with Gasteiger partial charge in [0.2, 0.25) is 0 Å². The molecule has 1 N–H and O–H groups in total. The smallest absolute Gasteiger partial charge is 0.114 e. The molecule has 0 spiro atoms. The zero-order valence-electron chi connectivity index (χ0n) is 11.6. The molecule has 100 valence electrons. The van der Waals surface area contributed by atoms with Gasteiger partial charge < -0.3 is 10.1 Å². The Balaban J connectivity index is 2.20. The molecule has 0 saturated heterocycles. The van der Waals surface area contributed by atoms with E-state index in [0.717, 1.165) is 38.2 Å². The minimum Gasteiger partial charge on any atom is -0.496 e. The summed E-state index contributed by atoms with van der Waals surface area (Å²) in [5.74, 6) is 1.12. The molecule has 0 aromatic carbocycles. The molecule has 18 heavy (non-hydrogen) atoms. The number of nitrogens with one attached hydrogen (secondary N) is 1. The summed E-state index contributed by atoms with van der Waals surface area (Å²) in [5.41, 5.74) is 1.38. The third-order valence-electron chi connectivity index (χ3n) is 3.32. The maximum absolute atomic E-state index is 5.85. The lowest BCUT2D eigenvalue weighted by molar-refractivity contribution is 0.168. The van der Waals surface area contributed by atoms with Crippen LogP contribution in [0.2, 0.25) is 0 Å². The third kappa shape index (κ3) is 3.15. The third-order valence-corrected chi connectivity index (χ3v) is 4.53. The number of rotatable bonds is 5. The number of hydrogen-bond donors (Lipinski definition) is 1. The maximum Gasteiger partial charge on any atom is 0.114 e. The molecule has 0 aliphatic carbocycles. The van der Waals surface area contributed by atoms with Crippen molar-refractivity contribution in [3.8, 4) is 0 Å². The van der Waals surface area contributed by atoms with Crippen molar-refractivity contribution in [2.45, 2.75) is 46.1 Å². The van der Waals surface area contributed by atoms with E-state index in [-0.39, 0.29) is 6.04 Å². The SMILES string of the molecule is CCCNC(C1=CCCCO1)c1cc(C)c(C)s1. The first-order chi connectivity index (χ1) is 8.72. The van der Waals surface area contributed by atoms with Crippen molar-refractivity contribution in [3.05, 3.63) is 33.2 Å². The number of aryl methyl sites for hydroxylation is 2. The molecule has 2 rings (SSSR count). The lowest BCUT2D eigenvalue weighted by Crippen LogP contribution is -2.25. The van der Waals surface area contributed by atoms with E-state index >= 15 is 0 Å². The quantitative estimate of drug-likeness (QED) is 0.865. The Labute approximate surface area is 114 Å². The molecule has 0 amide bonds. The van der Waals surface area contributed by atoms with E-state index < -0.39 is 0 Å². The topological polar surface area (TPSA) is 21.3 Å². The monoisotopic (exact) mass is 265 g/mol. The molecule has 0 bridgehead atoms. The van der Waals surface area contributed by atoms with Crippen LogP contribution in [0.25, 0.3) is 0 Å². The van der Waals surface area contributed by atoms with Crippen molar-refractivity contribution in [2.24, 2.45) is 0 Å². The van der Waals surface area contributed by atoms with Gasteiger partial charge >= 0.3 is 0 Å². The second kappa shape index (κ2) is 6.39. The van der Waals surface area contributed by atoms with Crippen LogP contribution in [0.3, 0.4) is 0 Å². The van der Waals surface area contributed by atoms with E-state index in [4.69, 9.17) is 4.74 Å². The Bertz CT molecular complexity index is 403. The fraction of sp³-hybridized carbons (Fsp3) is 0.600. The fourth-order valence-corrected chi connectivity index (χ4v) is 3.28. The van der Waals surface area contributed by atoms with E-state index in [1.165, 1.54) is 15.3 Å². The minimum atomic E-state index is 0.252. The Hall–Kier alpha value is -0.800. The van der Waals surface area contributed by atoms with E-state index in [1.807, 2.05) is 11.3 Å². The molecule has 1 aliphatic heterocycles. The van der Waals surface area contributed by atoms with Crippen LogP contribution < -0.4 is 5.32 Å². The summed E-state index contributed by atoms with van der Waals surface area (Å²) < 4.78 is 5.85. The van der Waals surface area contributed by atoms with Gasteiger partial charge in [-0.25, -0.2) is 0 Å². The van der Waals surface area contributed by atoms with Crippen LogP contribution in [0.1, 0.15) is 47.5 Å². The maximum atomic E-state index is 5.85. The molecule has 1 aromatic heterocycles. The normalized spacial score (nSPS) is 17.2. The average Bonchev–Trinajstić information content (AvgIpc) is 2.71. The predicted octanol–water partition coefficient (Wildman–Crippen LogP) is 4.10. The van der Waals surface area contributed by atoms with E-state index in [9.17, 15) is 0 Å². The van der Waals surface area contributed by atoms with Crippen molar-refractivity contribution in [3.63, 3.8) is 0 Å². The second-order valence-corrected chi connectivity index (χ2v) is 6.16. The van der Waals surface area contributed by atoms with Gasteiger partial charge in [-0.15, -0.1) is 11.3 Å². The van der Waals surface area contributed by atoms with Gasteiger partial charge in [0, 0.05) is 9.75 Å². The van der Waals surface area contributed by atoms with Crippen LogP contribution >= 0.6 is 11.3 Å². The van der Waals surface area contributed by atoms with E-state index in [2.05, 4.69) is 38.2 Å². The van der Waals surface area contributed by atoms with Crippen molar-refractivity contribution < 1.29 is 4.74 Å². The van der Waals surface area contributed by atoms with E-state index in [0.29, 0.717) is 0 Å². The van der Waals surface area contributed by atoms with Gasteiger partial charge in [0.1, 0.15) is 5.76 Å². The predicted molar refractivity (Wildman–Crippen MR) is 78.1 cm³/mol. The van der Waals surface area contributed by atoms with Gasteiger partial charge in [0.15, 0.2) is 0 Å². The van der Waals surface area contributed by atoms with Gasteiger partial charge in [-0.1, -0.05) is 6.92 Å². The second-order valence-electron chi connectivity index (χ2n) is 4.87. The lowest BCUT2D eigenvalue weighted by atomic mass is 10.1.